The molecule has 2 aromatic rings. The summed E-state index contributed by atoms with van der Waals surface area (Å²) in [4.78, 5) is 12.4. The van der Waals surface area contributed by atoms with Gasteiger partial charge in [-0.15, -0.1) is 0 Å². The summed E-state index contributed by atoms with van der Waals surface area (Å²) >= 11 is 0. The quantitative estimate of drug-likeness (QED) is 0.646. The first-order valence-electron chi connectivity index (χ1n) is 9.40. The van der Waals surface area contributed by atoms with E-state index in [0.29, 0.717) is 5.92 Å². The molecule has 0 radical (unpaired) electrons. The third kappa shape index (κ3) is 6.18. The first-order chi connectivity index (χ1) is 12.3. The largest absolute Gasteiger partial charge is 0.346 e. The maximum absolute atomic E-state index is 12.4. The van der Waals surface area contributed by atoms with E-state index in [2.05, 4.69) is 76.3 Å². The van der Waals surface area contributed by atoms with Crippen LogP contribution in [0.25, 0.3) is 6.08 Å². The van der Waals surface area contributed by atoms with Gasteiger partial charge in [-0.05, 0) is 40.5 Å². The molecule has 1 N–H and O–H groups in total. The van der Waals surface area contributed by atoms with Crippen LogP contribution in [0.15, 0.2) is 60.7 Å². The molecule has 0 fully saturated rings. The fraction of sp³-hybridized carbons (Fsp3) is 0.375. The number of carbonyl (C=O) groups is 1. The number of rotatable bonds is 6. The van der Waals surface area contributed by atoms with Crippen molar-refractivity contribution in [1.82, 2.24) is 5.32 Å². The van der Waals surface area contributed by atoms with Crippen LogP contribution in [0.2, 0.25) is 0 Å². The minimum Gasteiger partial charge on any atom is -0.346 e. The second-order valence-corrected chi connectivity index (χ2v) is 8.31. The number of amides is 1. The standard InChI is InChI=1S/C24H31NO/c1-18(2)17-22(20-9-7-6-8-10-20)25-23(26)16-13-19-11-14-21(15-12-19)24(3,4)5/h6-16,18,22H,17H2,1-5H3,(H,25,26)/b16-13+/t22-/m1/s1. The highest BCUT2D eigenvalue weighted by Gasteiger charge is 2.15. The van der Waals surface area contributed by atoms with Gasteiger partial charge in [0.1, 0.15) is 0 Å². The average Bonchev–Trinajstić information content (AvgIpc) is 2.59. The molecule has 0 saturated carbocycles. The third-order valence-corrected chi connectivity index (χ3v) is 4.43. The zero-order valence-corrected chi connectivity index (χ0v) is 16.6. The van der Waals surface area contributed by atoms with Gasteiger partial charge < -0.3 is 5.32 Å². The summed E-state index contributed by atoms with van der Waals surface area (Å²) in [6.45, 7) is 10.9. The molecule has 1 atom stereocenters. The molecule has 2 rings (SSSR count). The Morgan fingerprint density at radius 1 is 1.00 bits per heavy atom. The maximum atomic E-state index is 12.4. The molecular formula is C24H31NO. The van der Waals surface area contributed by atoms with E-state index in [4.69, 9.17) is 0 Å². The Balaban J connectivity index is 2.04. The maximum Gasteiger partial charge on any atom is 0.244 e. The van der Waals surface area contributed by atoms with Gasteiger partial charge in [-0.2, -0.15) is 0 Å². The van der Waals surface area contributed by atoms with Gasteiger partial charge in [0.05, 0.1) is 6.04 Å². The minimum atomic E-state index is -0.0561. The van der Waals surface area contributed by atoms with Crippen LogP contribution in [0, 0.1) is 5.92 Å². The predicted octanol–water partition coefficient (Wildman–Crippen LogP) is 5.90. The number of benzene rings is 2. The van der Waals surface area contributed by atoms with Gasteiger partial charge in [0.15, 0.2) is 0 Å². The SMILES string of the molecule is CC(C)C[C@@H](NC(=O)/C=C/c1ccc(C(C)(C)C)cc1)c1ccccc1. The van der Waals surface area contributed by atoms with Crippen molar-refractivity contribution in [2.24, 2.45) is 5.92 Å². The van der Waals surface area contributed by atoms with Crippen molar-refractivity contribution in [1.29, 1.82) is 0 Å². The molecule has 0 aliphatic rings. The number of nitrogens with one attached hydrogen (secondary N) is 1. The molecular weight excluding hydrogens is 318 g/mol. The average molecular weight is 350 g/mol. The Morgan fingerprint density at radius 3 is 2.15 bits per heavy atom. The Morgan fingerprint density at radius 2 is 1.62 bits per heavy atom. The summed E-state index contributed by atoms with van der Waals surface area (Å²) in [6.07, 6.45) is 4.42. The number of hydrogen-bond acceptors (Lipinski definition) is 1. The second kappa shape index (κ2) is 8.84. The number of hydrogen-bond donors (Lipinski definition) is 1. The molecule has 26 heavy (non-hydrogen) atoms. The van der Waals surface area contributed by atoms with Crippen LogP contribution in [0.1, 0.15) is 63.8 Å². The van der Waals surface area contributed by atoms with Crippen LogP contribution >= 0.6 is 0 Å². The van der Waals surface area contributed by atoms with Crippen molar-refractivity contribution < 1.29 is 4.79 Å². The summed E-state index contributed by atoms with van der Waals surface area (Å²) in [6, 6.07) is 18.6. The van der Waals surface area contributed by atoms with Gasteiger partial charge in [-0.1, -0.05) is 89.2 Å². The highest BCUT2D eigenvalue weighted by atomic mass is 16.1. The first-order valence-corrected chi connectivity index (χ1v) is 9.40. The lowest BCUT2D eigenvalue weighted by atomic mass is 9.87. The summed E-state index contributed by atoms with van der Waals surface area (Å²) in [7, 11) is 0. The molecule has 0 unspecified atom stereocenters. The van der Waals surface area contributed by atoms with Crippen molar-refractivity contribution in [3.8, 4) is 0 Å². The van der Waals surface area contributed by atoms with Gasteiger partial charge in [-0.3, -0.25) is 4.79 Å². The Bertz CT molecular complexity index is 721. The van der Waals surface area contributed by atoms with Gasteiger partial charge in [-0.25, -0.2) is 0 Å². The fourth-order valence-electron chi connectivity index (χ4n) is 2.92. The normalized spacial score (nSPS) is 13.2. The smallest absolute Gasteiger partial charge is 0.244 e. The third-order valence-electron chi connectivity index (χ3n) is 4.43. The highest BCUT2D eigenvalue weighted by molar-refractivity contribution is 5.92. The van der Waals surface area contributed by atoms with E-state index in [9.17, 15) is 4.79 Å². The lowest BCUT2D eigenvalue weighted by molar-refractivity contribution is -0.117. The Hall–Kier alpha value is -2.35. The Kier molecular flexibility index (Phi) is 6.79. The molecule has 0 saturated heterocycles. The fourth-order valence-corrected chi connectivity index (χ4v) is 2.92. The molecule has 138 valence electrons. The van der Waals surface area contributed by atoms with Crippen LogP contribution in [-0.4, -0.2) is 5.91 Å². The molecule has 0 bridgehead atoms. The molecule has 2 aromatic carbocycles. The summed E-state index contributed by atoms with van der Waals surface area (Å²) < 4.78 is 0. The van der Waals surface area contributed by atoms with E-state index in [0.717, 1.165) is 17.5 Å². The van der Waals surface area contributed by atoms with E-state index in [-0.39, 0.29) is 17.4 Å². The Labute approximate surface area is 158 Å². The lowest BCUT2D eigenvalue weighted by Gasteiger charge is -2.20. The van der Waals surface area contributed by atoms with Gasteiger partial charge in [0.2, 0.25) is 5.91 Å². The molecule has 0 spiro atoms. The molecule has 0 aliphatic carbocycles. The molecule has 2 nitrogen and oxygen atoms in total. The van der Waals surface area contributed by atoms with E-state index in [1.807, 2.05) is 24.3 Å². The van der Waals surface area contributed by atoms with Crippen LogP contribution in [-0.2, 0) is 10.2 Å². The van der Waals surface area contributed by atoms with Crippen molar-refractivity contribution in [2.45, 2.75) is 52.5 Å². The van der Waals surface area contributed by atoms with E-state index < -0.39 is 0 Å². The van der Waals surface area contributed by atoms with Crippen LogP contribution in [0.4, 0.5) is 0 Å². The minimum absolute atomic E-state index is 0.0385. The van der Waals surface area contributed by atoms with E-state index in [1.165, 1.54) is 5.56 Å². The zero-order valence-electron chi connectivity index (χ0n) is 16.6. The van der Waals surface area contributed by atoms with Gasteiger partial charge in [0.25, 0.3) is 0 Å². The lowest BCUT2D eigenvalue weighted by Crippen LogP contribution is -2.27. The molecule has 1 amide bonds. The van der Waals surface area contributed by atoms with Crippen molar-refractivity contribution in [3.05, 3.63) is 77.4 Å². The molecule has 0 aromatic heterocycles. The second-order valence-electron chi connectivity index (χ2n) is 8.31. The highest BCUT2D eigenvalue weighted by Crippen LogP contribution is 2.23. The van der Waals surface area contributed by atoms with Gasteiger partial charge >= 0.3 is 0 Å². The topological polar surface area (TPSA) is 29.1 Å². The summed E-state index contributed by atoms with van der Waals surface area (Å²) in [5.41, 5.74) is 3.62. The van der Waals surface area contributed by atoms with E-state index >= 15 is 0 Å². The van der Waals surface area contributed by atoms with E-state index in [1.54, 1.807) is 6.08 Å². The van der Waals surface area contributed by atoms with Crippen molar-refractivity contribution in [3.63, 3.8) is 0 Å². The molecule has 0 heterocycles. The van der Waals surface area contributed by atoms with Crippen molar-refractivity contribution in [2.75, 3.05) is 0 Å². The van der Waals surface area contributed by atoms with Crippen LogP contribution < -0.4 is 5.32 Å². The molecule has 2 heteroatoms. The van der Waals surface area contributed by atoms with Crippen LogP contribution in [0.5, 0.6) is 0 Å². The predicted molar refractivity (Wildman–Crippen MR) is 111 cm³/mol. The van der Waals surface area contributed by atoms with Crippen LogP contribution in [0.3, 0.4) is 0 Å². The molecule has 0 aliphatic heterocycles. The van der Waals surface area contributed by atoms with Gasteiger partial charge in [0, 0.05) is 6.08 Å². The summed E-state index contributed by atoms with van der Waals surface area (Å²) in [5.74, 6) is 0.453. The van der Waals surface area contributed by atoms with Crippen molar-refractivity contribution >= 4 is 12.0 Å². The number of carbonyl (C=O) groups excluding carboxylic acids is 1. The first kappa shape index (κ1) is 20.0. The summed E-state index contributed by atoms with van der Waals surface area (Å²) in [5, 5.41) is 3.14. The zero-order chi connectivity index (χ0) is 19.2. The monoisotopic (exact) mass is 349 g/mol.